The summed E-state index contributed by atoms with van der Waals surface area (Å²) in [5, 5.41) is 4.77. The number of benzene rings is 1. The summed E-state index contributed by atoms with van der Waals surface area (Å²) in [6, 6.07) is 9.21. The minimum atomic E-state index is 1.02. The van der Waals surface area contributed by atoms with Crippen LogP contribution in [0.25, 0.3) is 15.7 Å². The van der Waals surface area contributed by atoms with Crippen LogP contribution >= 0.6 is 11.3 Å². The van der Waals surface area contributed by atoms with Crippen molar-refractivity contribution < 1.29 is 0 Å². The second kappa shape index (κ2) is 4.63. The van der Waals surface area contributed by atoms with E-state index < -0.39 is 0 Å². The van der Waals surface area contributed by atoms with Gasteiger partial charge in [0, 0.05) is 16.1 Å². The van der Waals surface area contributed by atoms with E-state index in [0.717, 1.165) is 25.9 Å². The minimum absolute atomic E-state index is 1.02. The van der Waals surface area contributed by atoms with Crippen molar-refractivity contribution in [3.63, 3.8) is 0 Å². The van der Waals surface area contributed by atoms with Crippen molar-refractivity contribution >= 4 is 27.0 Å². The van der Waals surface area contributed by atoms with Gasteiger partial charge in [0.15, 0.2) is 0 Å². The average Bonchev–Trinajstić information content (AvgIpc) is 2.82. The average molecular weight is 243 g/mol. The molecule has 0 aliphatic carbocycles. The Morgan fingerprint density at radius 2 is 2.24 bits per heavy atom. The first-order valence-electron chi connectivity index (χ1n) is 6.29. The fourth-order valence-electron chi connectivity index (χ4n) is 2.32. The normalized spacial score (nSPS) is 16.2. The largest absolute Gasteiger partial charge is 0.313 e. The van der Waals surface area contributed by atoms with Gasteiger partial charge in [0.1, 0.15) is 0 Å². The number of hydrogen-bond donors (Lipinski definition) is 1. The summed E-state index contributed by atoms with van der Waals surface area (Å²) < 4.78 is 1.41. The zero-order valence-electron chi connectivity index (χ0n) is 10.1. The van der Waals surface area contributed by atoms with Crippen molar-refractivity contribution in [1.82, 2.24) is 5.32 Å². The fraction of sp³-hybridized carbons (Fsp3) is 0.333. The summed E-state index contributed by atoms with van der Waals surface area (Å²) in [7, 11) is 0. The van der Waals surface area contributed by atoms with Crippen molar-refractivity contribution in [3.05, 3.63) is 40.8 Å². The third-order valence-electron chi connectivity index (χ3n) is 3.37. The van der Waals surface area contributed by atoms with Crippen molar-refractivity contribution in [2.45, 2.75) is 19.8 Å². The molecule has 17 heavy (non-hydrogen) atoms. The Morgan fingerprint density at radius 1 is 1.29 bits per heavy atom. The highest BCUT2D eigenvalue weighted by atomic mass is 32.1. The summed E-state index contributed by atoms with van der Waals surface area (Å²) >= 11 is 1.93. The van der Waals surface area contributed by atoms with Crippen LogP contribution in [-0.4, -0.2) is 13.1 Å². The Labute approximate surface area is 106 Å². The lowest BCUT2D eigenvalue weighted by atomic mass is 10.1. The molecule has 0 amide bonds. The van der Waals surface area contributed by atoms with Gasteiger partial charge in [0.05, 0.1) is 0 Å². The first-order valence-corrected chi connectivity index (χ1v) is 7.11. The van der Waals surface area contributed by atoms with Crippen LogP contribution in [0.4, 0.5) is 0 Å². The predicted molar refractivity (Wildman–Crippen MR) is 76.7 cm³/mol. The van der Waals surface area contributed by atoms with Crippen LogP contribution in [-0.2, 0) is 6.42 Å². The summed E-state index contributed by atoms with van der Waals surface area (Å²) in [4.78, 5) is 1.45. The number of nitrogens with one attached hydrogen (secondary N) is 1. The third kappa shape index (κ3) is 2.15. The van der Waals surface area contributed by atoms with Crippen LogP contribution < -0.4 is 5.32 Å². The maximum atomic E-state index is 3.36. The van der Waals surface area contributed by atoms with E-state index in [4.69, 9.17) is 0 Å². The van der Waals surface area contributed by atoms with Crippen LogP contribution in [0.3, 0.4) is 0 Å². The highest BCUT2D eigenvalue weighted by molar-refractivity contribution is 7.20. The molecule has 2 heterocycles. The van der Waals surface area contributed by atoms with Crippen molar-refractivity contribution in [2.24, 2.45) is 0 Å². The maximum Gasteiger partial charge on any atom is 0.0349 e. The van der Waals surface area contributed by atoms with E-state index in [1.807, 2.05) is 11.3 Å². The van der Waals surface area contributed by atoms with E-state index >= 15 is 0 Å². The molecule has 0 fully saturated rings. The number of aryl methyl sites for hydroxylation is 1. The molecule has 0 unspecified atom stereocenters. The molecule has 3 rings (SSSR count). The van der Waals surface area contributed by atoms with Crippen LogP contribution in [0.15, 0.2) is 30.3 Å². The first kappa shape index (κ1) is 11.0. The van der Waals surface area contributed by atoms with Crippen LogP contribution in [0.5, 0.6) is 0 Å². The SMILES string of the molecule is CCc1ccc2sc(C3=CCNCC3)cc2c1. The van der Waals surface area contributed by atoms with Gasteiger partial charge in [-0.3, -0.25) is 0 Å². The quantitative estimate of drug-likeness (QED) is 0.845. The van der Waals surface area contributed by atoms with E-state index in [1.165, 1.54) is 26.1 Å². The van der Waals surface area contributed by atoms with Crippen molar-refractivity contribution in [1.29, 1.82) is 0 Å². The van der Waals surface area contributed by atoms with Gasteiger partial charge in [0.25, 0.3) is 0 Å². The number of hydrogen-bond acceptors (Lipinski definition) is 2. The Bertz CT molecular complexity index is 565. The van der Waals surface area contributed by atoms with Gasteiger partial charge in [-0.05, 0) is 48.0 Å². The molecule has 1 N–H and O–H groups in total. The van der Waals surface area contributed by atoms with Gasteiger partial charge >= 0.3 is 0 Å². The molecule has 1 nitrogen and oxygen atoms in total. The van der Waals surface area contributed by atoms with E-state index in [-0.39, 0.29) is 0 Å². The lowest BCUT2D eigenvalue weighted by Gasteiger charge is -2.11. The second-order valence-electron chi connectivity index (χ2n) is 4.52. The van der Waals surface area contributed by atoms with Gasteiger partial charge < -0.3 is 5.32 Å². The Hall–Kier alpha value is -1.12. The summed E-state index contributed by atoms with van der Waals surface area (Å²) in [5.74, 6) is 0. The molecule has 0 spiro atoms. The molecule has 0 saturated heterocycles. The molecule has 1 aromatic heterocycles. The van der Waals surface area contributed by atoms with Gasteiger partial charge in [-0.2, -0.15) is 0 Å². The number of rotatable bonds is 2. The maximum absolute atomic E-state index is 3.36. The topological polar surface area (TPSA) is 12.0 Å². The lowest BCUT2D eigenvalue weighted by Crippen LogP contribution is -2.19. The Morgan fingerprint density at radius 3 is 3.00 bits per heavy atom. The van der Waals surface area contributed by atoms with Crippen LogP contribution in [0.1, 0.15) is 23.8 Å². The second-order valence-corrected chi connectivity index (χ2v) is 5.60. The summed E-state index contributed by atoms with van der Waals surface area (Å²) in [6.07, 6.45) is 4.61. The lowest BCUT2D eigenvalue weighted by molar-refractivity contribution is 0.739. The smallest absolute Gasteiger partial charge is 0.0349 e. The molecular weight excluding hydrogens is 226 g/mol. The molecule has 1 aliphatic rings. The molecule has 0 radical (unpaired) electrons. The molecule has 0 bridgehead atoms. The Kier molecular flexibility index (Phi) is 3.00. The minimum Gasteiger partial charge on any atom is -0.313 e. The third-order valence-corrected chi connectivity index (χ3v) is 4.56. The van der Waals surface area contributed by atoms with E-state index in [1.54, 1.807) is 0 Å². The predicted octanol–water partition coefficient (Wildman–Crippen LogP) is 3.84. The van der Waals surface area contributed by atoms with Gasteiger partial charge in [-0.25, -0.2) is 0 Å². The molecule has 0 atom stereocenters. The molecule has 2 heteroatoms. The monoisotopic (exact) mass is 243 g/mol. The zero-order valence-corrected chi connectivity index (χ0v) is 10.9. The molecule has 88 valence electrons. The number of fused-ring (bicyclic) bond motifs is 1. The fourth-order valence-corrected chi connectivity index (χ4v) is 3.43. The standard InChI is InChI=1S/C15H17NS/c1-2-11-3-4-14-13(9-11)10-15(17-14)12-5-7-16-8-6-12/h3-5,9-10,16H,2,6-8H2,1H3. The number of thiophene rings is 1. The summed E-state index contributed by atoms with van der Waals surface area (Å²) in [6.45, 7) is 4.34. The van der Waals surface area contributed by atoms with E-state index in [0.29, 0.717) is 0 Å². The van der Waals surface area contributed by atoms with Gasteiger partial charge in [0.2, 0.25) is 0 Å². The van der Waals surface area contributed by atoms with Crippen molar-refractivity contribution in [3.8, 4) is 0 Å². The van der Waals surface area contributed by atoms with Crippen LogP contribution in [0, 0.1) is 0 Å². The highest BCUT2D eigenvalue weighted by Gasteiger charge is 2.09. The van der Waals surface area contributed by atoms with Crippen LogP contribution in [0.2, 0.25) is 0 Å². The molecular formula is C15H17NS. The van der Waals surface area contributed by atoms with E-state index in [2.05, 4.69) is 42.6 Å². The highest BCUT2D eigenvalue weighted by Crippen LogP contribution is 2.33. The van der Waals surface area contributed by atoms with Gasteiger partial charge in [-0.15, -0.1) is 11.3 Å². The van der Waals surface area contributed by atoms with Gasteiger partial charge in [-0.1, -0.05) is 25.1 Å². The zero-order chi connectivity index (χ0) is 11.7. The molecule has 1 aromatic carbocycles. The Balaban J connectivity index is 2.03. The molecule has 0 saturated carbocycles. The van der Waals surface area contributed by atoms with E-state index in [9.17, 15) is 0 Å². The summed E-state index contributed by atoms with van der Waals surface area (Å²) in [5.41, 5.74) is 2.95. The first-order chi connectivity index (χ1) is 8.36. The van der Waals surface area contributed by atoms with Crippen molar-refractivity contribution in [2.75, 3.05) is 13.1 Å². The molecule has 2 aromatic rings. The molecule has 1 aliphatic heterocycles.